The Kier molecular flexibility index (Phi) is 3.61. The van der Waals surface area contributed by atoms with Crippen molar-refractivity contribution >= 4 is 22.4 Å². The molecule has 0 aliphatic heterocycles. The zero-order valence-electron chi connectivity index (χ0n) is 9.90. The van der Waals surface area contributed by atoms with E-state index in [1.807, 2.05) is 6.92 Å². The summed E-state index contributed by atoms with van der Waals surface area (Å²) in [6.45, 7) is 1.82. The van der Waals surface area contributed by atoms with Gasteiger partial charge in [-0.1, -0.05) is 12.1 Å². The molecule has 19 heavy (non-hydrogen) atoms. The molecule has 1 atom stereocenters. The third-order valence-corrected chi connectivity index (χ3v) is 3.10. The molecule has 0 amide bonds. The summed E-state index contributed by atoms with van der Waals surface area (Å²) in [5.74, 6) is -1.12. The third-order valence-electron chi connectivity index (χ3n) is 2.46. The third kappa shape index (κ3) is 3.34. The number of halogens is 3. The summed E-state index contributed by atoms with van der Waals surface area (Å²) in [7, 11) is 0. The lowest BCUT2D eigenvalue weighted by Crippen LogP contribution is -2.09. The number of anilines is 2. The first kappa shape index (κ1) is 13.6. The first-order valence-electron chi connectivity index (χ1n) is 5.39. The fourth-order valence-corrected chi connectivity index (χ4v) is 2.12. The summed E-state index contributed by atoms with van der Waals surface area (Å²) >= 11 is 0.686. The van der Waals surface area contributed by atoms with E-state index in [9.17, 15) is 13.2 Å². The number of aromatic nitrogens is 2. The van der Waals surface area contributed by atoms with E-state index < -0.39 is 12.0 Å². The molecule has 1 aromatic carbocycles. The number of hydrogen-bond donors (Lipinski definition) is 2. The lowest BCUT2D eigenvalue weighted by atomic mass is 10.1. The van der Waals surface area contributed by atoms with Crippen LogP contribution in [0.1, 0.15) is 24.4 Å². The number of benzene rings is 1. The molecular formula is C11H11F3N4S. The van der Waals surface area contributed by atoms with Gasteiger partial charge in [0, 0.05) is 17.2 Å². The molecule has 3 N–H and O–H groups in total. The predicted octanol–water partition coefficient (Wildman–Crippen LogP) is 3.31. The van der Waals surface area contributed by atoms with Crippen LogP contribution in [0, 0.1) is 0 Å². The molecule has 4 nitrogen and oxygen atoms in total. The van der Waals surface area contributed by atoms with Crippen molar-refractivity contribution in [1.29, 1.82) is 0 Å². The fourth-order valence-electron chi connectivity index (χ4n) is 1.45. The molecule has 0 aliphatic carbocycles. The van der Waals surface area contributed by atoms with Gasteiger partial charge in [-0.15, -0.1) is 0 Å². The van der Waals surface area contributed by atoms with Crippen molar-refractivity contribution in [2.75, 3.05) is 11.1 Å². The van der Waals surface area contributed by atoms with Crippen LogP contribution in [-0.2, 0) is 6.18 Å². The second-order valence-electron chi connectivity index (χ2n) is 3.95. The highest BCUT2D eigenvalue weighted by atomic mass is 32.1. The van der Waals surface area contributed by atoms with Gasteiger partial charge >= 0.3 is 6.18 Å². The van der Waals surface area contributed by atoms with Crippen LogP contribution in [0.5, 0.6) is 0 Å². The van der Waals surface area contributed by atoms with Crippen molar-refractivity contribution in [3.8, 4) is 0 Å². The van der Waals surface area contributed by atoms with Crippen LogP contribution in [0.25, 0.3) is 0 Å². The molecule has 0 saturated carbocycles. The second kappa shape index (κ2) is 5.04. The molecule has 1 aromatic heterocycles. The maximum Gasteiger partial charge on any atom is 0.452 e. The minimum absolute atomic E-state index is 0.136. The van der Waals surface area contributed by atoms with E-state index in [2.05, 4.69) is 14.7 Å². The van der Waals surface area contributed by atoms with E-state index in [1.54, 1.807) is 24.3 Å². The molecule has 0 spiro atoms. The van der Waals surface area contributed by atoms with Crippen LogP contribution in [0.4, 0.5) is 24.0 Å². The van der Waals surface area contributed by atoms with Gasteiger partial charge in [-0.2, -0.15) is 22.5 Å². The molecule has 0 radical (unpaired) electrons. The van der Waals surface area contributed by atoms with Gasteiger partial charge in [0.1, 0.15) is 0 Å². The largest absolute Gasteiger partial charge is 0.452 e. The van der Waals surface area contributed by atoms with Crippen LogP contribution in [-0.4, -0.2) is 9.36 Å². The average molecular weight is 288 g/mol. The minimum Gasteiger partial charge on any atom is -0.399 e. The van der Waals surface area contributed by atoms with Gasteiger partial charge in [-0.25, -0.2) is 0 Å². The van der Waals surface area contributed by atoms with Crippen molar-refractivity contribution in [1.82, 2.24) is 9.36 Å². The number of alkyl halides is 3. The van der Waals surface area contributed by atoms with E-state index in [0.717, 1.165) is 5.56 Å². The summed E-state index contributed by atoms with van der Waals surface area (Å²) in [4.78, 5) is 3.41. The number of nitrogen functional groups attached to an aromatic ring is 1. The molecule has 0 fully saturated rings. The number of nitrogens with zero attached hydrogens (tertiary/aromatic N) is 2. The molecular weight excluding hydrogens is 277 g/mol. The van der Waals surface area contributed by atoms with Crippen molar-refractivity contribution in [2.45, 2.75) is 19.1 Å². The smallest absolute Gasteiger partial charge is 0.399 e. The van der Waals surface area contributed by atoms with Gasteiger partial charge < -0.3 is 11.1 Å². The Morgan fingerprint density at radius 3 is 2.42 bits per heavy atom. The van der Waals surface area contributed by atoms with Crippen LogP contribution >= 0.6 is 11.5 Å². The Morgan fingerprint density at radius 1 is 1.26 bits per heavy atom. The van der Waals surface area contributed by atoms with Crippen molar-refractivity contribution < 1.29 is 13.2 Å². The number of nitrogens with two attached hydrogens (primary N) is 1. The van der Waals surface area contributed by atoms with E-state index in [-0.39, 0.29) is 11.2 Å². The number of nitrogens with one attached hydrogen (secondary N) is 1. The SMILES string of the molecule is CC(Nc1nc(C(F)(F)F)ns1)c1ccc(N)cc1. The normalized spacial score (nSPS) is 13.3. The molecule has 2 aromatic rings. The first-order chi connectivity index (χ1) is 8.86. The van der Waals surface area contributed by atoms with Crippen LogP contribution in [0.3, 0.4) is 0 Å². The highest BCUT2D eigenvalue weighted by molar-refractivity contribution is 7.09. The lowest BCUT2D eigenvalue weighted by Gasteiger charge is -2.12. The molecule has 0 bridgehead atoms. The summed E-state index contributed by atoms with van der Waals surface area (Å²) in [5.41, 5.74) is 7.10. The molecule has 1 heterocycles. The number of hydrogen-bond acceptors (Lipinski definition) is 5. The minimum atomic E-state index is -4.51. The van der Waals surface area contributed by atoms with Gasteiger partial charge in [0.05, 0.1) is 6.04 Å². The van der Waals surface area contributed by atoms with Crippen molar-refractivity contribution in [3.63, 3.8) is 0 Å². The molecule has 0 aliphatic rings. The Hall–Kier alpha value is -1.83. The molecule has 102 valence electrons. The molecule has 1 unspecified atom stereocenters. The Labute approximate surface area is 111 Å². The van der Waals surface area contributed by atoms with Crippen LogP contribution in [0.2, 0.25) is 0 Å². The monoisotopic (exact) mass is 288 g/mol. The fraction of sp³-hybridized carbons (Fsp3) is 0.273. The Bertz CT molecular complexity index is 550. The summed E-state index contributed by atoms with van der Waals surface area (Å²) in [5, 5.41) is 3.01. The standard InChI is InChI=1S/C11H11F3N4S/c1-6(7-2-4-8(15)5-3-7)16-10-17-9(18-19-10)11(12,13)14/h2-6H,15H2,1H3,(H,16,17,18). The van der Waals surface area contributed by atoms with E-state index >= 15 is 0 Å². The van der Waals surface area contributed by atoms with Crippen molar-refractivity contribution in [3.05, 3.63) is 35.7 Å². The average Bonchev–Trinajstić information content (AvgIpc) is 2.78. The van der Waals surface area contributed by atoms with Gasteiger partial charge in [0.2, 0.25) is 11.0 Å². The van der Waals surface area contributed by atoms with Crippen LogP contribution in [0.15, 0.2) is 24.3 Å². The highest BCUT2D eigenvalue weighted by Gasteiger charge is 2.36. The van der Waals surface area contributed by atoms with Crippen molar-refractivity contribution in [2.24, 2.45) is 0 Å². The first-order valence-corrected chi connectivity index (χ1v) is 6.16. The molecule has 2 rings (SSSR count). The van der Waals surface area contributed by atoms with E-state index in [4.69, 9.17) is 5.73 Å². The van der Waals surface area contributed by atoms with Gasteiger partial charge in [-0.05, 0) is 24.6 Å². The summed E-state index contributed by atoms with van der Waals surface area (Å²) in [6.07, 6.45) is -4.51. The van der Waals surface area contributed by atoms with Gasteiger partial charge in [-0.3, -0.25) is 0 Å². The maximum absolute atomic E-state index is 12.3. The summed E-state index contributed by atoms with van der Waals surface area (Å²) in [6, 6.07) is 6.88. The summed E-state index contributed by atoms with van der Waals surface area (Å²) < 4.78 is 40.3. The van der Waals surface area contributed by atoms with E-state index in [0.29, 0.717) is 17.2 Å². The number of rotatable bonds is 3. The Morgan fingerprint density at radius 2 is 1.89 bits per heavy atom. The Balaban J connectivity index is 2.08. The zero-order chi connectivity index (χ0) is 14.0. The zero-order valence-corrected chi connectivity index (χ0v) is 10.7. The second-order valence-corrected chi connectivity index (χ2v) is 4.71. The topological polar surface area (TPSA) is 63.8 Å². The lowest BCUT2D eigenvalue weighted by molar-refractivity contribution is -0.144. The maximum atomic E-state index is 12.3. The van der Waals surface area contributed by atoms with Gasteiger partial charge in [0.25, 0.3) is 0 Å². The van der Waals surface area contributed by atoms with Crippen LogP contribution < -0.4 is 11.1 Å². The van der Waals surface area contributed by atoms with E-state index in [1.165, 1.54) is 0 Å². The quantitative estimate of drug-likeness (QED) is 0.850. The highest BCUT2D eigenvalue weighted by Crippen LogP contribution is 2.30. The van der Waals surface area contributed by atoms with Gasteiger partial charge in [0.15, 0.2) is 0 Å². The predicted molar refractivity (Wildman–Crippen MR) is 67.8 cm³/mol. The molecule has 8 heteroatoms. The molecule has 0 saturated heterocycles.